The normalized spacial score (nSPS) is 17.2. The molecule has 1 fully saturated rings. The maximum absolute atomic E-state index is 11.6. The Morgan fingerprint density at radius 1 is 1.38 bits per heavy atom. The van der Waals surface area contributed by atoms with Crippen molar-refractivity contribution in [2.75, 3.05) is 6.61 Å². The number of hydrogen-bond donors (Lipinski definition) is 2. The zero-order valence-corrected chi connectivity index (χ0v) is 11.8. The van der Waals surface area contributed by atoms with Gasteiger partial charge >= 0.3 is 5.97 Å². The number of nitrogens with one attached hydrogen (secondary N) is 2. The summed E-state index contributed by atoms with van der Waals surface area (Å²) < 4.78 is 4.89. The highest BCUT2D eigenvalue weighted by Crippen LogP contribution is 2.08. The van der Waals surface area contributed by atoms with Crippen LogP contribution in [0, 0.1) is 6.92 Å². The average Bonchev–Trinajstić information content (AvgIpc) is 2.90. The first-order chi connectivity index (χ1) is 10.1. The van der Waals surface area contributed by atoms with Gasteiger partial charge in [-0.05, 0) is 24.5 Å². The number of aryl methyl sites for hydroxylation is 1. The molecule has 1 aromatic carbocycles. The highest BCUT2D eigenvalue weighted by atomic mass is 16.5. The van der Waals surface area contributed by atoms with Crippen molar-refractivity contribution in [3.8, 4) is 0 Å². The van der Waals surface area contributed by atoms with Crippen LogP contribution >= 0.6 is 0 Å². The molecule has 1 atom stereocenters. The Labute approximate surface area is 122 Å². The molecule has 21 heavy (non-hydrogen) atoms. The number of amides is 2. The Morgan fingerprint density at radius 2 is 2.14 bits per heavy atom. The lowest BCUT2D eigenvalue weighted by Crippen LogP contribution is -2.37. The topological polar surface area (TPSA) is 84.5 Å². The Morgan fingerprint density at radius 3 is 2.81 bits per heavy atom. The summed E-state index contributed by atoms with van der Waals surface area (Å²) >= 11 is 0. The van der Waals surface area contributed by atoms with Gasteiger partial charge in [0.25, 0.3) is 5.91 Å². The van der Waals surface area contributed by atoms with E-state index in [1.807, 2.05) is 31.2 Å². The van der Waals surface area contributed by atoms with Gasteiger partial charge in [0, 0.05) is 13.0 Å². The van der Waals surface area contributed by atoms with Gasteiger partial charge in [-0.3, -0.25) is 9.59 Å². The molecule has 112 valence electrons. The van der Waals surface area contributed by atoms with Gasteiger partial charge in [0.2, 0.25) is 5.91 Å². The van der Waals surface area contributed by atoms with Gasteiger partial charge in [0.1, 0.15) is 6.04 Å². The smallest absolute Gasteiger partial charge is 0.329 e. The fourth-order valence-electron chi connectivity index (χ4n) is 2.08. The van der Waals surface area contributed by atoms with Crippen LogP contribution in [-0.4, -0.2) is 30.4 Å². The van der Waals surface area contributed by atoms with Crippen molar-refractivity contribution in [2.45, 2.75) is 32.4 Å². The minimum atomic E-state index is -0.623. The molecule has 0 bridgehead atoms. The molecule has 1 aliphatic rings. The molecule has 2 rings (SSSR count). The predicted octanol–water partition coefficient (Wildman–Crippen LogP) is 0.433. The lowest BCUT2D eigenvalue weighted by molar-refractivity contribution is -0.150. The fraction of sp³-hybridized carbons (Fsp3) is 0.400. The van der Waals surface area contributed by atoms with Crippen LogP contribution in [0.25, 0.3) is 0 Å². The van der Waals surface area contributed by atoms with Gasteiger partial charge in [-0.25, -0.2) is 4.79 Å². The maximum Gasteiger partial charge on any atom is 0.329 e. The monoisotopic (exact) mass is 290 g/mol. The van der Waals surface area contributed by atoms with E-state index in [1.54, 1.807) is 0 Å². The summed E-state index contributed by atoms with van der Waals surface area (Å²) in [6, 6.07) is 7.09. The molecular weight excluding hydrogens is 272 g/mol. The number of esters is 1. The number of carbonyl (C=O) groups excluding carboxylic acids is 3. The summed E-state index contributed by atoms with van der Waals surface area (Å²) in [5.74, 6) is -1.09. The molecule has 0 saturated carbocycles. The van der Waals surface area contributed by atoms with E-state index in [2.05, 4.69) is 10.6 Å². The van der Waals surface area contributed by atoms with Crippen molar-refractivity contribution >= 4 is 17.8 Å². The van der Waals surface area contributed by atoms with Crippen LogP contribution in [-0.2, 0) is 25.7 Å². The molecule has 6 heteroatoms. The highest BCUT2D eigenvalue weighted by Gasteiger charge is 2.28. The maximum atomic E-state index is 11.6. The Hall–Kier alpha value is -2.37. The van der Waals surface area contributed by atoms with E-state index in [1.165, 1.54) is 0 Å². The Balaban J connectivity index is 1.71. The SMILES string of the molecule is Cc1ccccc1CNC(=O)COC(=O)[C@@H]1CCC(=O)N1. The summed E-state index contributed by atoms with van der Waals surface area (Å²) in [4.78, 5) is 34.2. The fourth-order valence-corrected chi connectivity index (χ4v) is 2.08. The average molecular weight is 290 g/mol. The molecule has 1 heterocycles. The minimum Gasteiger partial charge on any atom is -0.454 e. The van der Waals surface area contributed by atoms with E-state index in [0.717, 1.165) is 11.1 Å². The summed E-state index contributed by atoms with van der Waals surface area (Å²) in [7, 11) is 0. The van der Waals surface area contributed by atoms with E-state index in [9.17, 15) is 14.4 Å². The van der Waals surface area contributed by atoms with Crippen LogP contribution in [0.3, 0.4) is 0 Å². The van der Waals surface area contributed by atoms with Crippen LogP contribution in [0.15, 0.2) is 24.3 Å². The van der Waals surface area contributed by atoms with Crippen LogP contribution < -0.4 is 10.6 Å². The van der Waals surface area contributed by atoms with Crippen molar-refractivity contribution in [2.24, 2.45) is 0 Å². The van der Waals surface area contributed by atoms with Gasteiger partial charge in [-0.15, -0.1) is 0 Å². The lowest BCUT2D eigenvalue weighted by atomic mass is 10.1. The number of rotatable bonds is 5. The molecule has 2 N–H and O–H groups in total. The van der Waals surface area contributed by atoms with Crippen molar-refractivity contribution in [1.29, 1.82) is 0 Å². The van der Waals surface area contributed by atoms with Crippen molar-refractivity contribution < 1.29 is 19.1 Å². The number of hydrogen-bond acceptors (Lipinski definition) is 4. The van der Waals surface area contributed by atoms with E-state index in [4.69, 9.17) is 4.74 Å². The first-order valence-corrected chi connectivity index (χ1v) is 6.83. The molecule has 0 aromatic heterocycles. The summed E-state index contributed by atoms with van der Waals surface area (Å²) in [6.07, 6.45) is 0.738. The van der Waals surface area contributed by atoms with E-state index < -0.39 is 12.0 Å². The molecule has 1 saturated heterocycles. The molecule has 0 spiro atoms. The van der Waals surface area contributed by atoms with Crippen LogP contribution in [0.5, 0.6) is 0 Å². The molecule has 6 nitrogen and oxygen atoms in total. The third kappa shape index (κ3) is 4.30. The number of ether oxygens (including phenoxy) is 1. The second kappa shape index (κ2) is 6.88. The highest BCUT2D eigenvalue weighted by molar-refractivity contribution is 5.89. The summed E-state index contributed by atoms with van der Waals surface area (Å²) in [6.45, 7) is 2.02. The van der Waals surface area contributed by atoms with Crippen LogP contribution in [0.1, 0.15) is 24.0 Å². The molecular formula is C15H18N2O4. The van der Waals surface area contributed by atoms with Crippen molar-refractivity contribution in [3.63, 3.8) is 0 Å². The standard InChI is InChI=1S/C15H18N2O4/c1-10-4-2-3-5-11(10)8-16-14(19)9-21-15(20)12-6-7-13(18)17-12/h2-5,12H,6-9H2,1H3,(H,16,19)(H,17,18)/t12-/m0/s1. The zero-order chi connectivity index (χ0) is 15.2. The van der Waals surface area contributed by atoms with Crippen molar-refractivity contribution in [3.05, 3.63) is 35.4 Å². The number of carbonyl (C=O) groups is 3. The molecule has 0 radical (unpaired) electrons. The largest absolute Gasteiger partial charge is 0.454 e. The molecule has 0 unspecified atom stereocenters. The molecule has 0 aliphatic carbocycles. The molecule has 1 aliphatic heterocycles. The zero-order valence-electron chi connectivity index (χ0n) is 11.8. The third-order valence-corrected chi connectivity index (χ3v) is 3.36. The van der Waals surface area contributed by atoms with Gasteiger partial charge < -0.3 is 15.4 Å². The second-order valence-corrected chi connectivity index (χ2v) is 4.97. The van der Waals surface area contributed by atoms with Gasteiger partial charge in [0.05, 0.1) is 0 Å². The Kier molecular flexibility index (Phi) is 4.92. The van der Waals surface area contributed by atoms with Crippen LogP contribution in [0.4, 0.5) is 0 Å². The lowest BCUT2D eigenvalue weighted by Gasteiger charge is -2.11. The van der Waals surface area contributed by atoms with E-state index in [0.29, 0.717) is 19.4 Å². The first-order valence-electron chi connectivity index (χ1n) is 6.83. The first kappa shape index (κ1) is 15.0. The third-order valence-electron chi connectivity index (χ3n) is 3.36. The van der Waals surface area contributed by atoms with Crippen molar-refractivity contribution in [1.82, 2.24) is 10.6 Å². The molecule has 1 aromatic rings. The summed E-state index contributed by atoms with van der Waals surface area (Å²) in [5, 5.41) is 5.19. The second-order valence-electron chi connectivity index (χ2n) is 4.97. The molecule has 2 amide bonds. The summed E-state index contributed by atoms with van der Waals surface area (Å²) in [5.41, 5.74) is 2.10. The van der Waals surface area contributed by atoms with Gasteiger partial charge in [-0.2, -0.15) is 0 Å². The predicted molar refractivity (Wildman–Crippen MR) is 75.1 cm³/mol. The number of benzene rings is 1. The van der Waals surface area contributed by atoms with E-state index in [-0.39, 0.29) is 18.4 Å². The van der Waals surface area contributed by atoms with E-state index >= 15 is 0 Å². The van der Waals surface area contributed by atoms with Gasteiger partial charge in [-0.1, -0.05) is 24.3 Å². The van der Waals surface area contributed by atoms with Gasteiger partial charge in [0.15, 0.2) is 6.61 Å². The van der Waals surface area contributed by atoms with Crippen LogP contribution in [0.2, 0.25) is 0 Å². The Bertz CT molecular complexity index is 556. The minimum absolute atomic E-state index is 0.166. The quantitative estimate of drug-likeness (QED) is 0.770.